The normalized spacial score (nSPS) is 18.9. The van der Waals surface area contributed by atoms with Crippen LogP contribution in [-0.2, 0) is 22.4 Å². The van der Waals surface area contributed by atoms with Crippen LogP contribution in [0.4, 0.5) is 30.7 Å². The van der Waals surface area contributed by atoms with Gasteiger partial charge in [-0.15, -0.1) is 0 Å². The van der Waals surface area contributed by atoms with Crippen molar-refractivity contribution in [2.75, 3.05) is 0 Å². The van der Waals surface area contributed by atoms with Crippen molar-refractivity contribution in [2.24, 2.45) is 0 Å². The van der Waals surface area contributed by atoms with E-state index in [0.717, 1.165) is 16.7 Å². The summed E-state index contributed by atoms with van der Waals surface area (Å²) in [6.45, 7) is 0. The van der Waals surface area contributed by atoms with Crippen molar-refractivity contribution in [3.8, 4) is 11.8 Å². The minimum Gasteiger partial charge on any atom is -0.382 e. The van der Waals surface area contributed by atoms with Gasteiger partial charge < -0.3 is 9.67 Å². The monoisotopic (exact) mass is 456 g/mol. The number of benzene rings is 1. The molecule has 0 saturated heterocycles. The lowest BCUT2D eigenvalue weighted by atomic mass is 9.91. The molecule has 1 N–H and O–H groups in total. The first kappa shape index (κ1) is 22.1. The van der Waals surface area contributed by atoms with Gasteiger partial charge >= 0.3 is 11.9 Å². The summed E-state index contributed by atoms with van der Waals surface area (Å²) in [6, 6.07) is 3.57. The van der Waals surface area contributed by atoms with Gasteiger partial charge in [0.1, 0.15) is 6.10 Å². The van der Waals surface area contributed by atoms with Gasteiger partial charge in [-0.1, -0.05) is 0 Å². The van der Waals surface area contributed by atoms with Crippen LogP contribution in [-0.4, -0.2) is 29.8 Å². The second-order valence-corrected chi connectivity index (χ2v) is 8.42. The van der Waals surface area contributed by atoms with Crippen molar-refractivity contribution >= 4 is 9.84 Å². The van der Waals surface area contributed by atoms with Gasteiger partial charge in [0.25, 0.3) is 5.92 Å². The van der Waals surface area contributed by atoms with Gasteiger partial charge in [0.15, 0.2) is 0 Å². The summed E-state index contributed by atoms with van der Waals surface area (Å²) >= 11 is 0. The van der Waals surface area contributed by atoms with Crippen LogP contribution in [0.2, 0.25) is 0 Å². The molecule has 0 bridgehead atoms. The molecule has 0 saturated carbocycles. The zero-order chi connectivity index (χ0) is 22.6. The molecular weight excluding hydrogens is 445 g/mol. The van der Waals surface area contributed by atoms with E-state index in [0.29, 0.717) is 12.3 Å². The Morgan fingerprint density at radius 3 is 2.43 bits per heavy atom. The molecule has 1 heterocycles. The van der Waals surface area contributed by atoms with Crippen molar-refractivity contribution in [1.29, 1.82) is 5.26 Å². The Kier molecular flexibility index (Phi) is 5.15. The SMILES string of the molecule is N#Cc1ccc(-n2cc(S(=O)(=O)C(F)F)c3c2CCC(F)(F)C3O)cc1C(F)(F)F. The summed E-state index contributed by atoms with van der Waals surface area (Å²) in [7, 11) is -5.46. The van der Waals surface area contributed by atoms with E-state index < -0.39 is 73.9 Å². The van der Waals surface area contributed by atoms with E-state index in [4.69, 9.17) is 5.26 Å². The lowest BCUT2D eigenvalue weighted by molar-refractivity contribution is -0.137. The summed E-state index contributed by atoms with van der Waals surface area (Å²) in [6.07, 6.45) is -8.82. The second-order valence-electron chi connectivity index (χ2n) is 6.53. The predicted molar refractivity (Wildman–Crippen MR) is 86.9 cm³/mol. The maximum atomic E-state index is 14.0. The minimum absolute atomic E-state index is 0.342. The first-order valence-electron chi connectivity index (χ1n) is 8.15. The average Bonchev–Trinajstić information content (AvgIpc) is 3.04. The molecule has 1 unspecified atom stereocenters. The van der Waals surface area contributed by atoms with Crippen LogP contribution < -0.4 is 0 Å². The number of nitrogens with zero attached hydrogens (tertiary/aromatic N) is 2. The molecule has 0 amide bonds. The number of sulfone groups is 1. The van der Waals surface area contributed by atoms with Crippen LogP contribution in [0.15, 0.2) is 29.3 Å². The van der Waals surface area contributed by atoms with Crippen molar-refractivity contribution in [3.05, 3.63) is 46.8 Å². The van der Waals surface area contributed by atoms with Gasteiger partial charge in [-0.25, -0.2) is 17.2 Å². The van der Waals surface area contributed by atoms with Gasteiger partial charge in [0.05, 0.1) is 22.1 Å². The molecule has 0 radical (unpaired) electrons. The van der Waals surface area contributed by atoms with E-state index in [1.807, 2.05) is 0 Å². The van der Waals surface area contributed by atoms with E-state index in [1.165, 1.54) is 6.07 Å². The van der Waals surface area contributed by atoms with Crippen LogP contribution >= 0.6 is 0 Å². The minimum atomic E-state index is -5.46. The van der Waals surface area contributed by atoms with E-state index in [9.17, 15) is 44.3 Å². The molecule has 0 spiro atoms. The molecule has 2 aromatic rings. The van der Waals surface area contributed by atoms with E-state index >= 15 is 0 Å². The van der Waals surface area contributed by atoms with Crippen LogP contribution in [0.3, 0.4) is 0 Å². The Labute approximate surface area is 164 Å². The number of hydrogen-bond donors (Lipinski definition) is 1. The smallest absolute Gasteiger partial charge is 0.382 e. The van der Waals surface area contributed by atoms with Crippen LogP contribution in [0.1, 0.15) is 34.9 Å². The topological polar surface area (TPSA) is 83.1 Å². The van der Waals surface area contributed by atoms with Gasteiger partial charge in [-0.2, -0.15) is 27.2 Å². The molecule has 3 rings (SSSR count). The zero-order valence-electron chi connectivity index (χ0n) is 14.6. The zero-order valence-corrected chi connectivity index (χ0v) is 15.4. The Morgan fingerprint density at radius 2 is 1.90 bits per heavy atom. The molecule has 1 aromatic heterocycles. The summed E-state index contributed by atoms with van der Waals surface area (Å²) < 4.78 is 118. The summed E-state index contributed by atoms with van der Waals surface area (Å²) in [5.41, 5.74) is -3.86. The van der Waals surface area contributed by atoms with Gasteiger partial charge in [0, 0.05) is 29.6 Å². The first-order valence-corrected chi connectivity index (χ1v) is 9.70. The first-order chi connectivity index (χ1) is 13.7. The Hall–Kier alpha value is -2.59. The Balaban J connectivity index is 2.33. The standard InChI is InChI=1S/C17H11F7N2O3S/c18-15(19)30(28,29)12-7-26(11-3-4-16(20,21)14(27)13(11)12)9-2-1-8(6-25)10(5-9)17(22,23)24/h1-2,5,7,14-15,27H,3-4H2. The van der Waals surface area contributed by atoms with Crippen molar-refractivity contribution < 1.29 is 44.3 Å². The lowest BCUT2D eigenvalue weighted by Crippen LogP contribution is -2.33. The fraction of sp³-hybridized carbons (Fsp3) is 0.353. The number of alkyl halides is 7. The molecule has 1 aliphatic carbocycles. The number of aliphatic hydroxyl groups is 1. The second kappa shape index (κ2) is 6.98. The Morgan fingerprint density at radius 1 is 1.27 bits per heavy atom. The summed E-state index contributed by atoms with van der Waals surface area (Å²) in [5.74, 6) is -7.83. The number of rotatable bonds is 3. The quantitative estimate of drug-likeness (QED) is 0.709. The number of fused-ring (bicyclic) bond motifs is 1. The highest BCUT2D eigenvalue weighted by molar-refractivity contribution is 7.91. The molecule has 13 heteroatoms. The fourth-order valence-electron chi connectivity index (χ4n) is 3.28. The molecule has 1 atom stereocenters. The van der Waals surface area contributed by atoms with Crippen molar-refractivity contribution in [3.63, 3.8) is 0 Å². The van der Waals surface area contributed by atoms with E-state index in [2.05, 4.69) is 0 Å². The maximum absolute atomic E-state index is 14.0. The van der Waals surface area contributed by atoms with Gasteiger partial charge in [-0.05, 0) is 24.6 Å². The largest absolute Gasteiger partial charge is 0.417 e. The molecular formula is C17H11F7N2O3S. The van der Waals surface area contributed by atoms with Gasteiger partial charge in [0.2, 0.25) is 9.84 Å². The molecule has 30 heavy (non-hydrogen) atoms. The third-order valence-electron chi connectivity index (χ3n) is 4.73. The third-order valence-corrected chi connectivity index (χ3v) is 6.14. The number of hydrogen-bond acceptors (Lipinski definition) is 4. The molecule has 1 aromatic carbocycles. The third kappa shape index (κ3) is 3.43. The van der Waals surface area contributed by atoms with E-state index in [-0.39, 0.29) is 5.69 Å². The van der Waals surface area contributed by atoms with Gasteiger partial charge in [-0.3, -0.25) is 0 Å². The predicted octanol–water partition coefficient (Wildman–Crippen LogP) is 3.98. The van der Waals surface area contributed by atoms with Crippen molar-refractivity contribution in [1.82, 2.24) is 4.57 Å². The Bertz CT molecular complexity index is 1150. The lowest BCUT2D eigenvalue weighted by Gasteiger charge is -2.29. The molecule has 1 aliphatic rings. The van der Waals surface area contributed by atoms with E-state index in [1.54, 1.807) is 0 Å². The molecule has 162 valence electrons. The summed E-state index contributed by atoms with van der Waals surface area (Å²) in [5, 5.41) is 18.8. The maximum Gasteiger partial charge on any atom is 0.417 e. The molecule has 5 nitrogen and oxygen atoms in total. The number of halogens is 7. The highest BCUT2D eigenvalue weighted by Crippen LogP contribution is 2.46. The average molecular weight is 456 g/mol. The molecule has 0 fully saturated rings. The fourth-order valence-corrected chi connectivity index (χ4v) is 4.26. The highest BCUT2D eigenvalue weighted by atomic mass is 32.2. The van der Waals surface area contributed by atoms with Crippen LogP contribution in [0.5, 0.6) is 0 Å². The van der Waals surface area contributed by atoms with Crippen LogP contribution in [0, 0.1) is 11.3 Å². The summed E-state index contributed by atoms with van der Waals surface area (Å²) in [4.78, 5) is -1.29. The molecule has 0 aliphatic heterocycles. The van der Waals surface area contributed by atoms with Crippen molar-refractivity contribution in [2.45, 2.75) is 41.7 Å². The van der Waals surface area contributed by atoms with Crippen LogP contribution in [0.25, 0.3) is 5.69 Å². The number of nitriles is 1. The number of aliphatic hydroxyl groups excluding tert-OH is 1. The highest BCUT2D eigenvalue weighted by Gasteiger charge is 2.49. The number of aromatic nitrogens is 1.